The van der Waals surface area contributed by atoms with Gasteiger partial charge < -0.3 is 0 Å². The first-order valence-electron chi connectivity index (χ1n) is 9.20. The van der Waals surface area contributed by atoms with Crippen LogP contribution < -0.4 is 0 Å². The van der Waals surface area contributed by atoms with Crippen LogP contribution >= 0.6 is 0 Å². The molecule has 156 valence electrons. The van der Waals surface area contributed by atoms with Gasteiger partial charge in [0.05, 0.1) is 0 Å². The van der Waals surface area contributed by atoms with E-state index < -0.39 is 35.9 Å². The van der Waals surface area contributed by atoms with Crippen LogP contribution in [0.4, 0.5) is 0 Å². The minimum atomic E-state index is -1.65. The van der Waals surface area contributed by atoms with E-state index in [2.05, 4.69) is 13.2 Å². The van der Waals surface area contributed by atoms with Crippen LogP contribution in [0.15, 0.2) is 25.3 Å². The fourth-order valence-electron chi connectivity index (χ4n) is 4.13. The van der Waals surface area contributed by atoms with Crippen molar-refractivity contribution in [2.45, 2.75) is 71.0 Å². The zero-order valence-corrected chi connectivity index (χ0v) is 17.9. The number of carbonyl (C=O) groups is 2. The molecule has 0 aliphatic heterocycles. The first kappa shape index (κ1) is 21.0. The SMILES string of the molecule is C=CC1C[C]1(C(=O)OC1CC[CH]([Co](=[O])[C]2(C(C)=O)CC2C=C)CC1)[Co]([CH3])=[O]. The second-order valence-corrected chi connectivity index (χ2v) is 12.3. The number of allylic oxidation sites excluding steroid dienone is 2. The summed E-state index contributed by atoms with van der Waals surface area (Å²) in [6, 6.07) is 0. The zero-order valence-electron chi connectivity index (χ0n) is 15.8. The molecule has 5 nitrogen and oxygen atoms in total. The van der Waals surface area contributed by atoms with Crippen LogP contribution in [0.1, 0.15) is 45.4 Å². The summed E-state index contributed by atoms with van der Waals surface area (Å²) in [4.78, 5) is 24.7. The van der Waals surface area contributed by atoms with Gasteiger partial charge in [-0.05, 0) is 0 Å². The maximum absolute atomic E-state index is 13.1. The van der Waals surface area contributed by atoms with Gasteiger partial charge in [0, 0.05) is 0 Å². The Balaban J connectivity index is 1.57. The van der Waals surface area contributed by atoms with E-state index in [9.17, 15) is 17.3 Å². The molecule has 0 aromatic rings. The predicted octanol–water partition coefficient (Wildman–Crippen LogP) is 4.55. The monoisotopic (exact) mass is 466 g/mol. The number of rotatable bonds is 8. The average molecular weight is 466 g/mol. The molecular formula is C20H28Co2O5. The van der Waals surface area contributed by atoms with Crippen LogP contribution in [0.25, 0.3) is 0 Å². The molecule has 3 saturated carbocycles. The minimum absolute atomic E-state index is 0.00115. The third kappa shape index (κ3) is 3.41. The van der Waals surface area contributed by atoms with Gasteiger partial charge in [-0.2, -0.15) is 0 Å². The predicted molar refractivity (Wildman–Crippen MR) is 92.0 cm³/mol. The Bertz CT molecular complexity index is 724. The van der Waals surface area contributed by atoms with Gasteiger partial charge in [0.1, 0.15) is 0 Å². The summed E-state index contributed by atoms with van der Waals surface area (Å²) in [5.74, 6) is 1.16. The van der Waals surface area contributed by atoms with Gasteiger partial charge in [-0.3, -0.25) is 0 Å². The van der Waals surface area contributed by atoms with E-state index in [-0.39, 0.29) is 34.5 Å². The van der Waals surface area contributed by atoms with E-state index in [1.165, 1.54) is 6.92 Å². The van der Waals surface area contributed by atoms with Crippen LogP contribution in [-0.4, -0.2) is 17.9 Å². The molecule has 0 saturated heterocycles. The molecule has 4 unspecified atom stereocenters. The van der Waals surface area contributed by atoms with Crippen molar-refractivity contribution in [3.05, 3.63) is 25.3 Å². The van der Waals surface area contributed by atoms with Gasteiger partial charge in [-0.15, -0.1) is 0 Å². The number of ether oxygens (including phenoxy) is 1. The third-order valence-electron chi connectivity index (χ3n) is 6.12. The second-order valence-electron chi connectivity index (χ2n) is 7.65. The van der Waals surface area contributed by atoms with Gasteiger partial charge in [-0.25, -0.2) is 0 Å². The van der Waals surface area contributed by atoms with Crippen molar-refractivity contribution >= 4 is 11.8 Å². The number of esters is 1. The molecule has 3 fully saturated rings. The first-order chi connectivity index (χ1) is 12.7. The fourth-order valence-corrected chi connectivity index (χ4v) is 8.64. The van der Waals surface area contributed by atoms with Gasteiger partial charge in [0.15, 0.2) is 0 Å². The molecule has 3 aliphatic carbocycles. The summed E-state index contributed by atoms with van der Waals surface area (Å²) < 4.78 is 29.2. The molecule has 27 heavy (non-hydrogen) atoms. The molecule has 3 rings (SSSR count). The molecule has 0 aromatic heterocycles. The molecule has 0 bridgehead atoms. The Morgan fingerprint density at radius 1 is 1.00 bits per heavy atom. The molecule has 0 spiro atoms. The van der Waals surface area contributed by atoms with Crippen LogP contribution in [-0.2, 0) is 49.2 Å². The van der Waals surface area contributed by atoms with E-state index in [0.717, 1.165) is 0 Å². The van der Waals surface area contributed by atoms with Crippen LogP contribution in [0.5, 0.6) is 0 Å². The van der Waals surface area contributed by atoms with Crippen molar-refractivity contribution in [3.8, 4) is 0 Å². The van der Waals surface area contributed by atoms with Crippen molar-refractivity contribution in [3.63, 3.8) is 0 Å². The standard InChI is InChI=1S/C12H16O2.C7H9O.CH3.2Co.2O/c1-2-9-8-11(9)12(13)14-10-6-4-3-5-7-10;1-3-6-4-7(6)5(2)8;;;;;/h2-3,9-10H,1,4-8H2;3,6H,1,4H2,2H3;1H3;;;;. The summed E-state index contributed by atoms with van der Waals surface area (Å²) in [5.41, 5.74) is 0. The normalized spacial score (nSPS) is 41.1. The number of carbonyl (C=O) groups excluding carboxylic acids is 2. The number of ketones is 1. The van der Waals surface area contributed by atoms with Crippen molar-refractivity contribution < 1.29 is 49.2 Å². The summed E-state index contributed by atoms with van der Waals surface area (Å²) >= 11 is -3.28. The third-order valence-corrected chi connectivity index (χ3v) is 11.5. The summed E-state index contributed by atoms with van der Waals surface area (Å²) in [5, 5.41) is 0. The summed E-state index contributed by atoms with van der Waals surface area (Å²) in [6.07, 6.45) is 7.04. The number of hydrogen-bond acceptors (Lipinski definition) is 5. The van der Waals surface area contributed by atoms with Crippen LogP contribution in [0, 0.1) is 11.8 Å². The Hall–Kier alpha value is -0.767. The fraction of sp³-hybridized carbons (Fsp3) is 0.700. The molecule has 4 atom stereocenters. The van der Waals surface area contributed by atoms with E-state index >= 15 is 0 Å². The van der Waals surface area contributed by atoms with Gasteiger partial charge in [0.2, 0.25) is 0 Å². The first-order valence-corrected chi connectivity index (χ1v) is 12.7. The summed E-state index contributed by atoms with van der Waals surface area (Å²) in [7, 11) is 0. The van der Waals surface area contributed by atoms with Crippen molar-refractivity contribution in [2.24, 2.45) is 11.8 Å². The number of hydrogen-bond donors (Lipinski definition) is 0. The zero-order chi connectivity index (χ0) is 20.0. The van der Waals surface area contributed by atoms with Crippen molar-refractivity contribution in [1.29, 1.82) is 0 Å². The number of Topliss-reactive ketones (excluding diaryl/α,β-unsaturated/α-hetero) is 1. The molecule has 0 aromatic carbocycles. The molecule has 0 amide bonds. The molecular weight excluding hydrogens is 438 g/mol. The second kappa shape index (κ2) is 7.57. The molecule has 0 radical (unpaired) electrons. The van der Waals surface area contributed by atoms with Crippen LogP contribution in [0.3, 0.4) is 0 Å². The molecule has 7 heteroatoms. The van der Waals surface area contributed by atoms with Crippen LogP contribution in [0.2, 0.25) is 19.4 Å². The van der Waals surface area contributed by atoms with Crippen molar-refractivity contribution in [1.82, 2.24) is 0 Å². The summed E-state index contributed by atoms with van der Waals surface area (Å²) in [6.45, 7) is 9.00. The Kier molecular flexibility index (Phi) is 5.88. The van der Waals surface area contributed by atoms with Crippen molar-refractivity contribution in [2.75, 3.05) is 0 Å². The quantitative estimate of drug-likeness (QED) is 0.388. The Morgan fingerprint density at radius 3 is 1.93 bits per heavy atom. The average Bonchev–Trinajstić information content (AvgIpc) is 3.53. The maximum atomic E-state index is 13.1. The van der Waals surface area contributed by atoms with Gasteiger partial charge >= 0.3 is 169 Å². The van der Waals surface area contributed by atoms with E-state index in [4.69, 9.17) is 4.74 Å². The Labute approximate surface area is 168 Å². The molecule has 0 heterocycles. The van der Waals surface area contributed by atoms with Gasteiger partial charge in [-0.1, -0.05) is 0 Å². The molecule has 3 aliphatic rings. The van der Waals surface area contributed by atoms with Gasteiger partial charge in [0.25, 0.3) is 0 Å². The van der Waals surface area contributed by atoms with E-state index in [1.54, 1.807) is 18.0 Å². The molecule has 0 N–H and O–H groups in total. The topological polar surface area (TPSA) is 77.5 Å². The van der Waals surface area contributed by atoms with E-state index in [0.29, 0.717) is 38.5 Å². The Morgan fingerprint density at radius 2 is 1.52 bits per heavy atom. The van der Waals surface area contributed by atoms with E-state index in [1.807, 2.05) is 0 Å².